The number of hydrogen-bond acceptors (Lipinski definition) is 5. The zero-order valence-corrected chi connectivity index (χ0v) is 26.3. The van der Waals surface area contributed by atoms with Gasteiger partial charge in [0.25, 0.3) is 0 Å². The van der Waals surface area contributed by atoms with E-state index in [1.54, 1.807) is 30.0 Å². The van der Waals surface area contributed by atoms with Crippen LogP contribution in [-0.2, 0) is 19.6 Å². The van der Waals surface area contributed by atoms with Gasteiger partial charge in [0.15, 0.2) is 0 Å². The highest BCUT2D eigenvalue weighted by Crippen LogP contribution is 2.53. The van der Waals surface area contributed by atoms with Crippen molar-refractivity contribution in [1.29, 1.82) is 0 Å². The van der Waals surface area contributed by atoms with E-state index in [1.807, 2.05) is 51.1 Å². The summed E-state index contributed by atoms with van der Waals surface area (Å²) in [5.41, 5.74) is -0.297. The monoisotopic (exact) mass is 623 g/mol. The number of carboxylic acids is 1. The number of likely N-dealkylation sites (tertiary alicyclic amines) is 1. The summed E-state index contributed by atoms with van der Waals surface area (Å²) in [6.45, 7) is 9.28. The molecular weight excluding hydrogens is 585 g/mol. The summed E-state index contributed by atoms with van der Waals surface area (Å²) in [4.78, 5) is 28.4. The van der Waals surface area contributed by atoms with Crippen molar-refractivity contribution >= 4 is 45.1 Å². The lowest BCUT2D eigenvalue weighted by Gasteiger charge is -2.54. The van der Waals surface area contributed by atoms with E-state index in [0.717, 1.165) is 11.1 Å². The highest BCUT2D eigenvalue weighted by molar-refractivity contribution is 7.89. The van der Waals surface area contributed by atoms with Crippen molar-refractivity contribution in [2.24, 2.45) is 10.8 Å². The summed E-state index contributed by atoms with van der Waals surface area (Å²) in [5.74, 6) is -2.09. The molecule has 4 atom stereocenters. The summed E-state index contributed by atoms with van der Waals surface area (Å²) in [7, 11) is -3.76. The summed E-state index contributed by atoms with van der Waals surface area (Å²) in [6, 6.07) is 13.3. The minimum absolute atomic E-state index is 0.254. The summed E-state index contributed by atoms with van der Waals surface area (Å²) in [6.07, 6.45) is -0.127. The number of carbonyl (C=O) groups excluding carboxylic acids is 1. The van der Waals surface area contributed by atoms with Crippen LogP contribution < -0.4 is 5.32 Å². The largest absolute Gasteiger partial charge is 0.481 e. The van der Waals surface area contributed by atoms with Gasteiger partial charge in [0.1, 0.15) is 0 Å². The Morgan fingerprint density at radius 2 is 1.71 bits per heavy atom. The number of nitrogens with one attached hydrogen (secondary N) is 1. The van der Waals surface area contributed by atoms with Crippen molar-refractivity contribution in [3.8, 4) is 0 Å². The Hall–Kier alpha value is -2.17. The molecule has 2 aliphatic heterocycles. The van der Waals surface area contributed by atoms with Crippen LogP contribution in [-0.4, -0.2) is 72.6 Å². The maximum atomic E-state index is 14.6. The van der Waals surface area contributed by atoms with Gasteiger partial charge in [0.05, 0.1) is 29.7 Å². The van der Waals surface area contributed by atoms with Gasteiger partial charge in [0, 0.05) is 42.1 Å². The average molecular weight is 625 g/mol. The molecule has 0 spiro atoms. The third kappa shape index (κ3) is 7.08. The number of sulfonamides is 1. The van der Waals surface area contributed by atoms with Crippen LogP contribution in [0.25, 0.3) is 0 Å². The van der Waals surface area contributed by atoms with Crippen molar-refractivity contribution < 1.29 is 23.1 Å². The van der Waals surface area contributed by atoms with Crippen LogP contribution in [0.5, 0.6) is 0 Å². The summed E-state index contributed by atoms with van der Waals surface area (Å²) in [5, 5.41) is 14.1. The minimum atomic E-state index is -3.76. The molecule has 0 saturated carbocycles. The number of nitrogens with zero attached hydrogens (tertiary/aromatic N) is 2. The number of halogens is 2. The van der Waals surface area contributed by atoms with Gasteiger partial charge in [0.2, 0.25) is 15.9 Å². The minimum Gasteiger partial charge on any atom is -0.481 e. The van der Waals surface area contributed by atoms with Gasteiger partial charge in [-0.3, -0.25) is 9.59 Å². The van der Waals surface area contributed by atoms with E-state index in [9.17, 15) is 23.1 Å². The molecule has 0 bridgehead atoms. The Kier molecular flexibility index (Phi) is 9.46. The summed E-state index contributed by atoms with van der Waals surface area (Å²) >= 11 is 12.7. The molecule has 0 radical (unpaired) electrons. The Labute approximate surface area is 253 Å². The molecule has 0 aromatic heterocycles. The first-order valence-corrected chi connectivity index (χ1v) is 16.2. The number of carbonyl (C=O) groups is 2. The molecule has 1 amide bonds. The molecule has 2 fully saturated rings. The normalized spacial score (nSPS) is 25.2. The molecule has 4 rings (SSSR count). The third-order valence-electron chi connectivity index (χ3n) is 8.31. The topological polar surface area (TPSA) is 107 Å². The van der Waals surface area contributed by atoms with E-state index in [1.165, 1.54) is 4.31 Å². The summed E-state index contributed by atoms with van der Waals surface area (Å²) < 4.78 is 29.2. The molecule has 224 valence electrons. The van der Waals surface area contributed by atoms with Crippen molar-refractivity contribution in [2.75, 3.05) is 31.9 Å². The number of rotatable bonds is 8. The molecule has 11 heteroatoms. The smallest absolute Gasteiger partial charge is 0.304 e. The Morgan fingerprint density at radius 3 is 2.27 bits per heavy atom. The van der Waals surface area contributed by atoms with Crippen molar-refractivity contribution in [1.82, 2.24) is 14.5 Å². The molecular formula is C30H39Cl2N3O5S. The van der Waals surface area contributed by atoms with Gasteiger partial charge >= 0.3 is 5.97 Å². The van der Waals surface area contributed by atoms with Crippen molar-refractivity contribution in [3.63, 3.8) is 0 Å². The second-order valence-electron chi connectivity index (χ2n) is 12.5. The number of amides is 1. The molecule has 0 aliphatic carbocycles. The number of benzene rings is 2. The number of piperidine rings is 1. The Balaban J connectivity index is 1.93. The second-order valence-corrected chi connectivity index (χ2v) is 15.4. The molecule has 2 heterocycles. The fourth-order valence-electron chi connectivity index (χ4n) is 6.20. The van der Waals surface area contributed by atoms with Crippen LogP contribution in [0.4, 0.5) is 0 Å². The zero-order chi connectivity index (χ0) is 30.2. The highest BCUT2D eigenvalue weighted by Gasteiger charge is 2.55. The number of piperazine rings is 1. The van der Waals surface area contributed by atoms with E-state index >= 15 is 0 Å². The van der Waals surface area contributed by atoms with E-state index in [4.69, 9.17) is 23.2 Å². The van der Waals surface area contributed by atoms with Crippen LogP contribution in [0.3, 0.4) is 0 Å². The van der Waals surface area contributed by atoms with Gasteiger partial charge in [-0.1, -0.05) is 75.2 Å². The van der Waals surface area contributed by atoms with Gasteiger partial charge in [-0.05, 0) is 47.2 Å². The van der Waals surface area contributed by atoms with Crippen LogP contribution >= 0.6 is 23.2 Å². The van der Waals surface area contributed by atoms with Crippen LogP contribution in [0.1, 0.15) is 63.6 Å². The maximum Gasteiger partial charge on any atom is 0.304 e. The van der Waals surface area contributed by atoms with Crippen molar-refractivity contribution in [2.45, 2.75) is 58.5 Å². The first-order valence-electron chi connectivity index (χ1n) is 13.9. The SMILES string of the molecule is CC(C)(C)[C@@H](CS(=O)(=O)N1CCNCC1)N1C(=O)[C@@](C)(CC(=O)O)C[C@H](c2cccc(Cl)c2)[C@H]1c1ccc(Cl)cc1. The van der Waals surface area contributed by atoms with Crippen LogP contribution in [0, 0.1) is 10.8 Å². The van der Waals surface area contributed by atoms with Gasteiger partial charge in [-0.2, -0.15) is 4.31 Å². The predicted octanol–water partition coefficient (Wildman–Crippen LogP) is 5.18. The average Bonchev–Trinajstić information content (AvgIpc) is 2.89. The standard InChI is InChI=1S/C30H39Cl2N3O5S/c1-29(2,3)25(19-41(39,40)34-14-12-33-13-15-34)35-27(20-8-10-22(31)11-9-20)24(21-6-5-7-23(32)16-21)17-30(4,28(35)38)18-26(36)37/h5-11,16,24-25,27,33H,12-15,17-19H2,1-4H3,(H,36,37)/t24-,25-,27-,30-/m1/s1. The fraction of sp³-hybridized carbons (Fsp3) is 0.533. The first-order chi connectivity index (χ1) is 19.1. The van der Waals surface area contributed by atoms with E-state index in [2.05, 4.69) is 5.32 Å². The van der Waals surface area contributed by atoms with Crippen LogP contribution in [0.2, 0.25) is 10.0 Å². The van der Waals surface area contributed by atoms with E-state index in [0.29, 0.717) is 36.2 Å². The lowest BCUT2D eigenvalue weighted by Crippen LogP contribution is -2.61. The quantitative estimate of drug-likeness (QED) is 0.419. The highest BCUT2D eigenvalue weighted by atomic mass is 35.5. The number of aliphatic carboxylic acids is 1. The van der Waals surface area contributed by atoms with Crippen LogP contribution in [0.15, 0.2) is 48.5 Å². The third-order valence-corrected chi connectivity index (χ3v) is 10.7. The molecule has 8 nitrogen and oxygen atoms in total. The number of hydrogen-bond donors (Lipinski definition) is 2. The Morgan fingerprint density at radius 1 is 1.07 bits per heavy atom. The zero-order valence-electron chi connectivity index (χ0n) is 23.9. The van der Waals surface area contributed by atoms with E-state index in [-0.39, 0.29) is 30.4 Å². The molecule has 2 N–H and O–H groups in total. The lowest BCUT2D eigenvalue weighted by molar-refractivity contribution is -0.162. The molecule has 41 heavy (non-hydrogen) atoms. The maximum absolute atomic E-state index is 14.6. The first kappa shape index (κ1) is 31.8. The molecule has 2 saturated heterocycles. The molecule has 2 aromatic rings. The number of carboxylic acid groups (broad SMARTS) is 1. The second kappa shape index (κ2) is 12.2. The van der Waals surface area contributed by atoms with Gasteiger partial charge in [-0.25, -0.2) is 8.42 Å². The lowest BCUT2D eigenvalue weighted by atomic mass is 9.66. The molecule has 0 unspecified atom stereocenters. The molecule has 2 aliphatic rings. The molecule has 2 aromatic carbocycles. The fourth-order valence-corrected chi connectivity index (χ4v) is 8.53. The Bertz CT molecular complexity index is 1370. The van der Waals surface area contributed by atoms with Gasteiger partial charge < -0.3 is 15.3 Å². The van der Waals surface area contributed by atoms with Gasteiger partial charge in [-0.15, -0.1) is 0 Å². The van der Waals surface area contributed by atoms with Crippen molar-refractivity contribution in [3.05, 3.63) is 69.7 Å². The predicted molar refractivity (Wildman–Crippen MR) is 162 cm³/mol. The van der Waals surface area contributed by atoms with E-state index < -0.39 is 38.9 Å².